The van der Waals surface area contributed by atoms with Crippen LogP contribution < -0.4 is 4.57 Å². The Balaban J connectivity index is 1.86. The Labute approximate surface area is 140 Å². The highest BCUT2D eigenvalue weighted by Crippen LogP contribution is 2.47. The number of amides is 1. The molecule has 24 heavy (non-hydrogen) atoms. The van der Waals surface area contributed by atoms with Crippen molar-refractivity contribution in [3.05, 3.63) is 54.0 Å². The normalized spacial score (nSPS) is 27.4. The Hall–Kier alpha value is -2.47. The van der Waals surface area contributed by atoms with Gasteiger partial charge >= 0.3 is 5.97 Å². The number of β-lactam (4-membered cyclic amide) rings is 1. The first-order valence-corrected chi connectivity index (χ1v) is 8.02. The maximum atomic E-state index is 12.2. The van der Waals surface area contributed by atoms with E-state index in [0.717, 1.165) is 0 Å². The molecule has 6 nitrogen and oxygen atoms in total. The molecule has 0 aliphatic carbocycles. The van der Waals surface area contributed by atoms with E-state index >= 15 is 0 Å². The van der Waals surface area contributed by atoms with Crippen molar-refractivity contribution in [1.82, 2.24) is 4.90 Å². The number of pyridine rings is 1. The van der Waals surface area contributed by atoms with Crippen LogP contribution in [0.2, 0.25) is 0 Å². The SMILES string of the molecule is C[C@@H](O)[C@H]1C(=O)N2C(C(=O)O)=C(/C=C/C[n+]3ccccc3)[C@H](C)[C@H]12. The first-order chi connectivity index (χ1) is 11.4. The van der Waals surface area contributed by atoms with Gasteiger partial charge in [-0.05, 0) is 18.6 Å². The summed E-state index contributed by atoms with van der Waals surface area (Å²) in [6, 6.07) is 5.50. The Bertz CT molecular complexity index is 724. The smallest absolute Gasteiger partial charge is 0.352 e. The Kier molecular flexibility index (Phi) is 4.24. The fraction of sp³-hybridized carbons (Fsp3) is 0.389. The van der Waals surface area contributed by atoms with Crippen LogP contribution in [-0.2, 0) is 16.1 Å². The number of carbonyl (C=O) groups excluding carboxylic acids is 1. The van der Waals surface area contributed by atoms with E-state index in [1.807, 2.05) is 48.2 Å². The van der Waals surface area contributed by atoms with Gasteiger partial charge in [0.15, 0.2) is 18.9 Å². The summed E-state index contributed by atoms with van der Waals surface area (Å²) in [5.74, 6) is -2.05. The molecule has 0 saturated carbocycles. The molecule has 0 spiro atoms. The number of hydrogen-bond donors (Lipinski definition) is 2. The molecule has 1 aromatic rings. The summed E-state index contributed by atoms with van der Waals surface area (Å²) in [5.41, 5.74) is 0.684. The average Bonchev–Trinajstić information content (AvgIpc) is 2.78. The van der Waals surface area contributed by atoms with E-state index in [1.165, 1.54) is 4.90 Å². The molecule has 126 valence electrons. The lowest BCUT2D eigenvalue weighted by molar-refractivity contribution is -0.687. The number of fused-ring (bicyclic) bond motifs is 1. The third-order valence-corrected chi connectivity index (χ3v) is 4.82. The lowest BCUT2D eigenvalue weighted by Gasteiger charge is -2.46. The van der Waals surface area contributed by atoms with Crippen molar-refractivity contribution in [3.8, 4) is 0 Å². The van der Waals surface area contributed by atoms with Crippen molar-refractivity contribution in [1.29, 1.82) is 0 Å². The van der Waals surface area contributed by atoms with Crippen LogP contribution in [0, 0.1) is 11.8 Å². The number of hydrogen-bond acceptors (Lipinski definition) is 3. The molecule has 4 atom stereocenters. The van der Waals surface area contributed by atoms with Crippen LogP contribution >= 0.6 is 0 Å². The van der Waals surface area contributed by atoms with Gasteiger partial charge in [-0.2, -0.15) is 0 Å². The molecule has 1 saturated heterocycles. The minimum Gasteiger partial charge on any atom is -0.477 e. The average molecular weight is 329 g/mol. The number of carbonyl (C=O) groups is 2. The summed E-state index contributed by atoms with van der Waals surface area (Å²) in [7, 11) is 0. The van der Waals surface area contributed by atoms with Crippen molar-refractivity contribution >= 4 is 11.9 Å². The molecule has 3 heterocycles. The molecule has 2 aliphatic rings. The molecule has 0 radical (unpaired) electrons. The monoisotopic (exact) mass is 329 g/mol. The van der Waals surface area contributed by atoms with E-state index in [0.29, 0.717) is 12.1 Å². The molecule has 0 unspecified atom stereocenters. The molecule has 3 rings (SSSR count). The predicted molar refractivity (Wildman–Crippen MR) is 85.4 cm³/mol. The molecule has 1 amide bonds. The third kappa shape index (κ3) is 2.53. The van der Waals surface area contributed by atoms with Gasteiger partial charge in [0, 0.05) is 18.1 Å². The van der Waals surface area contributed by atoms with Crippen LogP contribution in [0.4, 0.5) is 0 Å². The van der Waals surface area contributed by atoms with Crippen LogP contribution in [0.15, 0.2) is 54.0 Å². The fourth-order valence-electron chi connectivity index (χ4n) is 3.67. The largest absolute Gasteiger partial charge is 0.477 e. The van der Waals surface area contributed by atoms with Gasteiger partial charge in [0.1, 0.15) is 5.70 Å². The van der Waals surface area contributed by atoms with Crippen LogP contribution in [0.5, 0.6) is 0 Å². The summed E-state index contributed by atoms with van der Waals surface area (Å²) in [4.78, 5) is 25.2. The van der Waals surface area contributed by atoms with Crippen molar-refractivity contribution < 1.29 is 24.4 Å². The van der Waals surface area contributed by atoms with E-state index in [2.05, 4.69) is 0 Å². The van der Waals surface area contributed by atoms with Crippen LogP contribution in [0.25, 0.3) is 0 Å². The minimum atomic E-state index is -1.10. The van der Waals surface area contributed by atoms with Crippen molar-refractivity contribution in [2.24, 2.45) is 11.8 Å². The van der Waals surface area contributed by atoms with Gasteiger partial charge in [-0.25, -0.2) is 9.36 Å². The zero-order valence-electron chi connectivity index (χ0n) is 13.7. The number of allylic oxidation sites excluding steroid dienone is 2. The van der Waals surface area contributed by atoms with Gasteiger partial charge in [-0.15, -0.1) is 0 Å². The van der Waals surface area contributed by atoms with E-state index in [9.17, 15) is 19.8 Å². The lowest BCUT2D eigenvalue weighted by Crippen LogP contribution is -2.63. The van der Waals surface area contributed by atoms with Gasteiger partial charge < -0.3 is 15.1 Å². The molecule has 2 aliphatic heterocycles. The maximum absolute atomic E-state index is 12.2. The second kappa shape index (κ2) is 6.20. The number of aromatic nitrogens is 1. The lowest BCUT2D eigenvalue weighted by atomic mass is 9.78. The number of carboxylic acids is 1. The molecular formula is C18H21N2O4+. The van der Waals surface area contributed by atoms with E-state index < -0.39 is 18.0 Å². The second-order valence-electron chi connectivity index (χ2n) is 6.34. The van der Waals surface area contributed by atoms with Crippen LogP contribution in [-0.4, -0.2) is 39.1 Å². The molecule has 0 bridgehead atoms. The summed E-state index contributed by atoms with van der Waals surface area (Å²) in [6.07, 6.45) is 6.75. The predicted octanol–water partition coefficient (Wildman–Crippen LogP) is 0.726. The van der Waals surface area contributed by atoms with Crippen LogP contribution in [0.3, 0.4) is 0 Å². The minimum absolute atomic E-state index is 0.0451. The van der Waals surface area contributed by atoms with Crippen molar-refractivity contribution in [2.75, 3.05) is 0 Å². The van der Waals surface area contributed by atoms with E-state index in [4.69, 9.17) is 0 Å². The van der Waals surface area contributed by atoms with Gasteiger partial charge in [0.2, 0.25) is 5.91 Å². The number of carboxylic acid groups (broad SMARTS) is 1. The summed E-state index contributed by atoms with van der Waals surface area (Å²) in [5, 5.41) is 19.3. The number of nitrogens with zero attached hydrogens (tertiary/aromatic N) is 2. The molecule has 1 fully saturated rings. The molecule has 1 aromatic heterocycles. The third-order valence-electron chi connectivity index (χ3n) is 4.82. The fourth-order valence-corrected chi connectivity index (χ4v) is 3.67. The zero-order valence-corrected chi connectivity index (χ0v) is 13.7. The van der Waals surface area contributed by atoms with Crippen LogP contribution in [0.1, 0.15) is 13.8 Å². The quantitative estimate of drug-likeness (QED) is 0.616. The van der Waals surface area contributed by atoms with Crippen molar-refractivity contribution in [2.45, 2.75) is 32.5 Å². The highest BCUT2D eigenvalue weighted by Gasteiger charge is 2.59. The molecule has 2 N–H and O–H groups in total. The number of rotatable bonds is 5. The highest BCUT2D eigenvalue weighted by molar-refractivity contribution is 6.00. The number of aliphatic hydroxyl groups excluding tert-OH is 1. The summed E-state index contributed by atoms with van der Waals surface area (Å²) in [6.45, 7) is 4.10. The Morgan fingerprint density at radius 2 is 2.04 bits per heavy atom. The standard InChI is InChI=1S/C18H20N2O4/c1-11-13(7-6-10-19-8-4-3-5-9-19)16(18(23)24)20-15(11)14(12(2)21)17(20)22/h3-9,11-12,14-15,21H,10H2,1-2H3/p+1/b7-6+/t11-,12+,14+,15+/m0/s1. The van der Waals surface area contributed by atoms with Crippen molar-refractivity contribution in [3.63, 3.8) is 0 Å². The highest BCUT2D eigenvalue weighted by atomic mass is 16.4. The van der Waals surface area contributed by atoms with Gasteiger partial charge in [0.05, 0.1) is 18.1 Å². The van der Waals surface area contributed by atoms with E-state index in [1.54, 1.807) is 13.0 Å². The number of aliphatic carboxylic acids is 1. The molecule has 6 heteroatoms. The number of aliphatic hydroxyl groups is 1. The molecular weight excluding hydrogens is 308 g/mol. The van der Waals surface area contributed by atoms with Gasteiger partial charge in [-0.1, -0.05) is 19.1 Å². The Morgan fingerprint density at radius 3 is 2.62 bits per heavy atom. The molecule has 0 aromatic carbocycles. The Morgan fingerprint density at radius 1 is 1.38 bits per heavy atom. The summed E-state index contributed by atoms with van der Waals surface area (Å²) >= 11 is 0. The summed E-state index contributed by atoms with van der Waals surface area (Å²) < 4.78 is 1.97. The first kappa shape index (κ1) is 16.4. The maximum Gasteiger partial charge on any atom is 0.352 e. The topological polar surface area (TPSA) is 81.7 Å². The first-order valence-electron chi connectivity index (χ1n) is 8.02. The van der Waals surface area contributed by atoms with E-state index in [-0.39, 0.29) is 23.6 Å². The second-order valence-corrected chi connectivity index (χ2v) is 6.34. The zero-order chi connectivity index (χ0) is 17.4. The van der Waals surface area contributed by atoms with Gasteiger partial charge in [0.25, 0.3) is 0 Å². The van der Waals surface area contributed by atoms with Gasteiger partial charge in [-0.3, -0.25) is 4.79 Å².